The Bertz CT molecular complexity index is 898. The standard InChI is InChI=1S/C19H22ClN3O5S/c1-8-15-14(9(2)24)18(25)23(15)16(19(26)27)17(8)29-12-5-10(21-7-12)3-4-11-6-13(20)22-28-11/h3-4,6,8-10,12,14-15,21,24H,5,7H2,1-2H3,(H,26,27)/b4-3+/t8-,9-,10-,12+,14-,15-/m1/s1. The largest absolute Gasteiger partial charge is 0.477 e. The molecule has 3 N–H and O–H groups in total. The number of thioether (sulfide) groups is 1. The number of carbonyl (C=O) groups is 2. The first-order valence-corrected chi connectivity index (χ1v) is 10.7. The first-order valence-electron chi connectivity index (χ1n) is 9.47. The van der Waals surface area contributed by atoms with Crippen molar-refractivity contribution in [1.29, 1.82) is 0 Å². The van der Waals surface area contributed by atoms with Gasteiger partial charge in [-0.05, 0) is 19.4 Å². The Hall–Kier alpha value is -1.81. The molecule has 2 fully saturated rings. The molecule has 156 valence electrons. The Morgan fingerprint density at radius 3 is 2.93 bits per heavy atom. The molecule has 0 spiro atoms. The van der Waals surface area contributed by atoms with Gasteiger partial charge in [0, 0.05) is 34.7 Å². The molecule has 1 aromatic heterocycles. The third-order valence-electron chi connectivity index (χ3n) is 5.72. The second-order valence-corrected chi connectivity index (χ2v) is 9.40. The minimum absolute atomic E-state index is 0.0738. The van der Waals surface area contributed by atoms with E-state index < -0.39 is 18.0 Å². The van der Waals surface area contributed by atoms with E-state index in [4.69, 9.17) is 16.1 Å². The molecular weight excluding hydrogens is 418 g/mol. The molecule has 0 saturated carbocycles. The van der Waals surface area contributed by atoms with Crippen LogP contribution in [0, 0.1) is 11.8 Å². The van der Waals surface area contributed by atoms with E-state index in [2.05, 4.69) is 10.5 Å². The lowest BCUT2D eigenvalue weighted by Gasteiger charge is -2.46. The third-order valence-corrected chi connectivity index (χ3v) is 7.41. The molecule has 6 atom stereocenters. The molecule has 0 radical (unpaired) electrons. The van der Waals surface area contributed by atoms with Gasteiger partial charge in [-0.25, -0.2) is 4.79 Å². The van der Waals surface area contributed by atoms with Crippen LogP contribution in [0.15, 0.2) is 27.3 Å². The molecule has 1 amide bonds. The van der Waals surface area contributed by atoms with Gasteiger partial charge in [-0.15, -0.1) is 11.8 Å². The quantitative estimate of drug-likeness (QED) is 0.576. The fourth-order valence-electron chi connectivity index (χ4n) is 4.38. The van der Waals surface area contributed by atoms with Crippen LogP contribution in [0.5, 0.6) is 0 Å². The van der Waals surface area contributed by atoms with Gasteiger partial charge in [-0.1, -0.05) is 29.8 Å². The van der Waals surface area contributed by atoms with Gasteiger partial charge in [0.2, 0.25) is 5.91 Å². The van der Waals surface area contributed by atoms with Gasteiger partial charge in [0.05, 0.1) is 18.1 Å². The van der Waals surface area contributed by atoms with Crippen LogP contribution in [-0.2, 0) is 9.59 Å². The number of β-lactam (4-membered cyclic amide) rings is 1. The van der Waals surface area contributed by atoms with Gasteiger partial charge in [-0.2, -0.15) is 0 Å². The second-order valence-electron chi connectivity index (χ2n) is 7.67. The summed E-state index contributed by atoms with van der Waals surface area (Å²) in [6.45, 7) is 4.24. The maximum absolute atomic E-state index is 12.4. The highest BCUT2D eigenvalue weighted by atomic mass is 35.5. The van der Waals surface area contributed by atoms with Crippen molar-refractivity contribution < 1.29 is 24.3 Å². The summed E-state index contributed by atoms with van der Waals surface area (Å²) in [7, 11) is 0. The molecule has 1 aromatic rings. The van der Waals surface area contributed by atoms with Crippen LogP contribution < -0.4 is 5.32 Å². The molecule has 0 aliphatic carbocycles. The molecular formula is C19H22ClN3O5S. The van der Waals surface area contributed by atoms with E-state index in [0.29, 0.717) is 10.9 Å². The van der Waals surface area contributed by atoms with E-state index >= 15 is 0 Å². The number of aromatic nitrogens is 1. The molecule has 2 saturated heterocycles. The van der Waals surface area contributed by atoms with E-state index in [1.807, 2.05) is 19.1 Å². The summed E-state index contributed by atoms with van der Waals surface area (Å²) in [5.41, 5.74) is 0.0738. The number of nitrogens with one attached hydrogen (secondary N) is 1. The molecule has 4 heterocycles. The van der Waals surface area contributed by atoms with Gasteiger partial charge in [0.15, 0.2) is 10.9 Å². The smallest absolute Gasteiger partial charge is 0.353 e. The molecule has 3 aliphatic heterocycles. The number of carboxylic acids is 1. The third kappa shape index (κ3) is 3.61. The monoisotopic (exact) mass is 439 g/mol. The average molecular weight is 440 g/mol. The number of halogens is 1. The average Bonchev–Trinajstić information content (AvgIpc) is 3.32. The summed E-state index contributed by atoms with van der Waals surface area (Å²) in [5.74, 6) is -1.48. The number of hydrogen-bond acceptors (Lipinski definition) is 7. The van der Waals surface area contributed by atoms with Crippen LogP contribution in [0.2, 0.25) is 5.15 Å². The summed E-state index contributed by atoms with van der Waals surface area (Å²) < 4.78 is 5.05. The molecule has 4 rings (SSSR count). The Labute approximate surface area is 176 Å². The summed E-state index contributed by atoms with van der Waals surface area (Å²) in [5, 5.41) is 27.2. The van der Waals surface area contributed by atoms with Gasteiger partial charge in [-0.3, -0.25) is 4.79 Å². The number of aliphatic hydroxyl groups is 1. The number of aliphatic carboxylic acids is 1. The number of hydrogen-bond donors (Lipinski definition) is 3. The van der Waals surface area contributed by atoms with Crippen molar-refractivity contribution >= 4 is 41.3 Å². The number of nitrogens with zero attached hydrogens (tertiary/aromatic N) is 2. The number of fused-ring (bicyclic) bond motifs is 1. The fourth-order valence-corrected chi connectivity index (χ4v) is 6.02. The highest BCUT2D eigenvalue weighted by Crippen LogP contribution is 2.51. The van der Waals surface area contributed by atoms with Crippen LogP contribution >= 0.6 is 23.4 Å². The van der Waals surface area contributed by atoms with Crippen molar-refractivity contribution in [3.05, 3.63) is 33.7 Å². The van der Waals surface area contributed by atoms with Crippen molar-refractivity contribution in [2.45, 2.75) is 43.7 Å². The van der Waals surface area contributed by atoms with E-state index in [0.717, 1.165) is 17.9 Å². The van der Waals surface area contributed by atoms with Crippen LogP contribution in [0.25, 0.3) is 6.08 Å². The Balaban J connectivity index is 1.45. The molecule has 3 aliphatic rings. The highest BCUT2D eigenvalue weighted by molar-refractivity contribution is 8.03. The van der Waals surface area contributed by atoms with Crippen molar-refractivity contribution in [1.82, 2.24) is 15.4 Å². The first kappa shape index (κ1) is 20.5. The first-order chi connectivity index (χ1) is 13.8. The zero-order valence-corrected chi connectivity index (χ0v) is 17.5. The topological polar surface area (TPSA) is 116 Å². The maximum Gasteiger partial charge on any atom is 0.353 e. The number of carboxylic acid groups (broad SMARTS) is 1. The number of amides is 1. The molecule has 10 heteroatoms. The molecule has 0 aromatic carbocycles. The Morgan fingerprint density at radius 2 is 2.31 bits per heavy atom. The van der Waals surface area contributed by atoms with Gasteiger partial charge >= 0.3 is 5.97 Å². The van der Waals surface area contributed by atoms with Crippen molar-refractivity contribution in [2.75, 3.05) is 6.54 Å². The Kier molecular flexibility index (Phi) is 5.50. The normalized spacial score (nSPS) is 32.8. The molecule has 8 nitrogen and oxygen atoms in total. The van der Waals surface area contributed by atoms with Crippen LogP contribution in [0.4, 0.5) is 0 Å². The molecule has 0 unspecified atom stereocenters. The maximum atomic E-state index is 12.4. The van der Waals surface area contributed by atoms with Crippen LogP contribution in [-0.4, -0.2) is 62.1 Å². The highest BCUT2D eigenvalue weighted by Gasteiger charge is 2.60. The SMILES string of the molecule is C[C@@H](O)[C@H]1C(=O)N2C(C(=O)O)=C(S[C@@H]3CN[C@H](/C=C/c4cc(Cl)no4)C3)[C@H](C)[C@H]12. The van der Waals surface area contributed by atoms with Gasteiger partial charge < -0.3 is 25.0 Å². The van der Waals surface area contributed by atoms with Gasteiger partial charge in [0.25, 0.3) is 0 Å². The fraction of sp³-hybridized carbons (Fsp3) is 0.526. The summed E-state index contributed by atoms with van der Waals surface area (Å²) >= 11 is 7.26. The zero-order valence-electron chi connectivity index (χ0n) is 15.9. The molecule has 0 bridgehead atoms. The summed E-state index contributed by atoms with van der Waals surface area (Å²) in [6.07, 6.45) is 3.80. The zero-order chi connectivity index (χ0) is 20.9. The van der Waals surface area contributed by atoms with Crippen molar-refractivity contribution in [3.8, 4) is 0 Å². The van der Waals surface area contributed by atoms with E-state index in [1.54, 1.807) is 13.0 Å². The van der Waals surface area contributed by atoms with Crippen molar-refractivity contribution in [2.24, 2.45) is 11.8 Å². The van der Waals surface area contributed by atoms with E-state index in [1.165, 1.54) is 16.7 Å². The predicted octanol–water partition coefficient (Wildman–Crippen LogP) is 1.96. The summed E-state index contributed by atoms with van der Waals surface area (Å²) in [4.78, 5) is 26.4. The minimum Gasteiger partial charge on any atom is -0.477 e. The van der Waals surface area contributed by atoms with E-state index in [-0.39, 0.29) is 34.9 Å². The van der Waals surface area contributed by atoms with Crippen LogP contribution in [0.1, 0.15) is 26.0 Å². The number of aliphatic hydroxyl groups excluding tert-OH is 1. The lowest BCUT2D eigenvalue weighted by molar-refractivity contribution is -0.163. The lowest BCUT2D eigenvalue weighted by atomic mass is 9.79. The lowest BCUT2D eigenvalue weighted by Crippen LogP contribution is -2.63. The van der Waals surface area contributed by atoms with E-state index in [9.17, 15) is 19.8 Å². The predicted molar refractivity (Wildman–Crippen MR) is 108 cm³/mol. The summed E-state index contributed by atoms with van der Waals surface area (Å²) in [6, 6.07) is 1.46. The number of rotatable bonds is 6. The van der Waals surface area contributed by atoms with Crippen LogP contribution in [0.3, 0.4) is 0 Å². The second kappa shape index (κ2) is 7.79. The molecule has 29 heavy (non-hydrogen) atoms. The Morgan fingerprint density at radius 1 is 1.55 bits per heavy atom. The minimum atomic E-state index is -1.09. The number of carbonyl (C=O) groups excluding carboxylic acids is 1. The van der Waals surface area contributed by atoms with Gasteiger partial charge in [0.1, 0.15) is 5.70 Å². The van der Waals surface area contributed by atoms with Crippen molar-refractivity contribution in [3.63, 3.8) is 0 Å².